The maximum atomic E-state index is 11.5. The maximum Gasteiger partial charge on any atom is 0.356 e. The number of benzene rings is 1. The van der Waals surface area contributed by atoms with Crippen molar-refractivity contribution >= 4 is 5.97 Å². The molecule has 0 saturated carbocycles. The molecule has 0 fully saturated rings. The van der Waals surface area contributed by atoms with Gasteiger partial charge in [-0.1, -0.05) is 30.3 Å². The molecule has 3 nitrogen and oxygen atoms in total. The van der Waals surface area contributed by atoms with E-state index in [1.54, 1.807) is 19.2 Å². The van der Waals surface area contributed by atoms with E-state index in [9.17, 15) is 4.79 Å². The third-order valence-electron chi connectivity index (χ3n) is 2.35. The van der Waals surface area contributed by atoms with Gasteiger partial charge >= 0.3 is 5.97 Å². The Bertz CT molecular complexity index is 509. The van der Waals surface area contributed by atoms with E-state index < -0.39 is 0 Å². The zero-order chi connectivity index (χ0) is 12.1. The van der Waals surface area contributed by atoms with Crippen LogP contribution in [0, 0.1) is 0 Å². The van der Waals surface area contributed by atoms with Crippen molar-refractivity contribution in [1.29, 1.82) is 0 Å². The van der Waals surface area contributed by atoms with Crippen LogP contribution in [-0.2, 0) is 4.74 Å². The number of esters is 1. The van der Waals surface area contributed by atoms with Crippen molar-refractivity contribution in [3.63, 3.8) is 0 Å². The monoisotopic (exact) mass is 227 g/mol. The fourth-order valence-electron chi connectivity index (χ4n) is 1.56. The first kappa shape index (κ1) is 11.3. The predicted molar refractivity (Wildman–Crippen MR) is 65.6 cm³/mol. The van der Waals surface area contributed by atoms with Crippen LogP contribution < -0.4 is 0 Å². The highest BCUT2D eigenvalue weighted by Gasteiger charge is 2.08. The molecule has 1 aromatic heterocycles. The molecule has 0 aliphatic carbocycles. The Morgan fingerprint density at radius 3 is 2.65 bits per heavy atom. The fourth-order valence-corrected chi connectivity index (χ4v) is 1.56. The van der Waals surface area contributed by atoms with Crippen LogP contribution in [0.4, 0.5) is 0 Å². The van der Waals surface area contributed by atoms with E-state index in [0.29, 0.717) is 12.3 Å². The molecule has 1 heterocycles. The highest BCUT2D eigenvalue weighted by atomic mass is 16.5. The number of hydrogen-bond donors (Lipinski definition) is 0. The van der Waals surface area contributed by atoms with Crippen molar-refractivity contribution < 1.29 is 9.53 Å². The number of carbonyl (C=O) groups excluding carboxylic acids is 1. The molecule has 1 aromatic carbocycles. The first-order chi connectivity index (χ1) is 8.31. The van der Waals surface area contributed by atoms with E-state index in [1.807, 2.05) is 36.4 Å². The summed E-state index contributed by atoms with van der Waals surface area (Å²) in [7, 11) is 0. The Morgan fingerprint density at radius 1 is 1.18 bits per heavy atom. The molecule has 0 N–H and O–H groups in total. The Labute approximate surface area is 100 Å². The second kappa shape index (κ2) is 5.25. The topological polar surface area (TPSA) is 39.2 Å². The van der Waals surface area contributed by atoms with Crippen LogP contribution in [0.25, 0.3) is 11.1 Å². The Hall–Kier alpha value is -2.16. The number of ether oxygens (including phenoxy) is 1. The van der Waals surface area contributed by atoms with Gasteiger partial charge in [-0.15, -0.1) is 0 Å². The van der Waals surface area contributed by atoms with Crippen LogP contribution in [0.2, 0.25) is 0 Å². The van der Waals surface area contributed by atoms with Crippen molar-refractivity contribution in [2.45, 2.75) is 6.92 Å². The quantitative estimate of drug-likeness (QED) is 0.757. The summed E-state index contributed by atoms with van der Waals surface area (Å²) in [6.45, 7) is 2.13. The van der Waals surface area contributed by atoms with Gasteiger partial charge in [0.2, 0.25) is 0 Å². The molecule has 0 aliphatic rings. The van der Waals surface area contributed by atoms with Crippen LogP contribution in [0.15, 0.2) is 48.7 Å². The number of pyridine rings is 1. The Morgan fingerprint density at radius 2 is 1.94 bits per heavy atom. The van der Waals surface area contributed by atoms with Gasteiger partial charge in [0, 0.05) is 6.20 Å². The zero-order valence-electron chi connectivity index (χ0n) is 9.59. The molecule has 17 heavy (non-hydrogen) atoms. The average molecular weight is 227 g/mol. The van der Waals surface area contributed by atoms with Gasteiger partial charge in [-0.25, -0.2) is 9.78 Å². The van der Waals surface area contributed by atoms with Gasteiger partial charge in [-0.2, -0.15) is 0 Å². The van der Waals surface area contributed by atoms with E-state index in [2.05, 4.69) is 4.98 Å². The molecule has 0 saturated heterocycles. The van der Waals surface area contributed by atoms with Gasteiger partial charge in [0.05, 0.1) is 6.61 Å². The first-order valence-electron chi connectivity index (χ1n) is 5.50. The lowest BCUT2D eigenvalue weighted by Gasteiger charge is -2.04. The minimum absolute atomic E-state index is 0.341. The van der Waals surface area contributed by atoms with E-state index in [1.165, 1.54) is 0 Å². The van der Waals surface area contributed by atoms with Crippen LogP contribution in [0.1, 0.15) is 17.4 Å². The van der Waals surface area contributed by atoms with Crippen LogP contribution in [0.3, 0.4) is 0 Å². The molecule has 0 amide bonds. The summed E-state index contributed by atoms with van der Waals surface area (Å²) in [6.07, 6.45) is 1.62. The number of carbonyl (C=O) groups is 1. The van der Waals surface area contributed by atoms with Crippen molar-refractivity contribution in [3.8, 4) is 11.1 Å². The summed E-state index contributed by atoms with van der Waals surface area (Å²) in [4.78, 5) is 15.6. The summed E-state index contributed by atoms with van der Waals surface area (Å²) in [5, 5.41) is 0. The van der Waals surface area contributed by atoms with Crippen molar-refractivity contribution in [1.82, 2.24) is 4.98 Å². The van der Waals surface area contributed by atoms with E-state index >= 15 is 0 Å². The second-order valence-corrected chi connectivity index (χ2v) is 3.52. The Balaban J connectivity index is 2.32. The summed E-state index contributed by atoms with van der Waals surface area (Å²) in [5.41, 5.74) is 2.36. The molecule has 86 valence electrons. The molecule has 0 radical (unpaired) electrons. The fraction of sp³-hybridized carbons (Fsp3) is 0.143. The number of nitrogens with zero attached hydrogens (tertiary/aromatic N) is 1. The molecule has 0 atom stereocenters. The summed E-state index contributed by atoms with van der Waals surface area (Å²) >= 11 is 0. The molecule has 3 heteroatoms. The largest absolute Gasteiger partial charge is 0.461 e. The molecule has 0 aliphatic heterocycles. The molecular weight excluding hydrogens is 214 g/mol. The number of hydrogen-bond acceptors (Lipinski definition) is 3. The van der Waals surface area contributed by atoms with Crippen molar-refractivity contribution in [2.24, 2.45) is 0 Å². The summed E-state index contributed by atoms with van der Waals surface area (Å²) < 4.78 is 4.92. The normalized spacial score (nSPS) is 9.94. The first-order valence-corrected chi connectivity index (χ1v) is 5.50. The predicted octanol–water partition coefficient (Wildman–Crippen LogP) is 2.93. The third kappa shape index (κ3) is 2.69. The minimum Gasteiger partial charge on any atom is -0.461 e. The lowest BCUT2D eigenvalue weighted by molar-refractivity contribution is 0.0519. The van der Waals surface area contributed by atoms with Gasteiger partial charge in [-0.3, -0.25) is 0 Å². The highest BCUT2D eigenvalue weighted by molar-refractivity contribution is 5.88. The van der Waals surface area contributed by atoms with E-state index in [0.717, 1.165) is 11.1 Å². The van der Waals surface area contributed by atoms with Crippen molar-refractivity contribution in [2.75, 3.05) is 6.61 Å². The SMILES string of the molecule is CCOC(=O)c1cc(-c2ccccc2)ccn1. The number of aromatic nitrogens is 1. The van der Waals surface area contributed by atoms with Crippen molar-refractivity contribution in [3.05, 3.63) is 54.4 Å². The highest BCUT2D eigenvalue weighted by Crippen LogP contribution is 2.18. The smallest absolute Gasteiger partial charge is 0.356 e. The van der Waals surface area contributed by atoms with E-state index in [4.69, 9.17) is 4.74 Å². The second-order valence-electron chi connectivity index (χ2n) is 3.52. The number of rotatable bonds is 3. The van der Waals surface area contributed by atoms with Gasteiger partial charge in [0.25, 0.3) is 0 Å². The maximum absolute atomic E-state index is 11.5. The molecular formula is C14H13NO2. The van der Waals surface area contributed by atoms with Crippen LogP contribution in [0.5, 0.6) is 0 Å². The van der Waals surface area contributed by atoms with E-state index in [-0.39, 0.29) is 5.97 Å². The Kier molecular flexibility index (Phi) is 3.50. The molecule has 2 rings (SSSR count). The lowest BCUT2D eigenvalue weighted by Crippen LogP contribution is -2.06. The summed E-state index contributed by atoms with van der Waals surface area (Å²) in [6, 6.07) is 13.5. The third-order valence-corrected chi connectivity index (χ3v) is 2.35. The van der Waals surface area contributed by atoms with Crippen LogP contribution in [-0.4, -0.2) is 17.6 Å². The lowest BCUT2D eigenvalue weighted by atomic mass is 10.1. The molecule has 0 spiro atoms. The average Bonchev–Trinajstić information content (AvgIpc) is 2.40. The van der Waals surface area contributed by atoms with Gasteiger partial charge in [0.15, 0.2) is 0 Å². The molecule has 0 bridgehead atoms. The zero-order valence-corrected chi connectivity index (χ0v) is 9.59. The van der Waals surface area contributed by atoms with Gasteiger partial charge in [-0.05, 0) is 30.2 Å². The van der Waals surface area contributed by atoms with Gasteiger partial charge in [0.1, 0.15) is 5.69 Å². The summed E-state index contributed by atoms with van der Waals surface area (Å²) in [5.74, 6) is -0.384. The van der Waals surface area contributed by atoms with Gasteiger partial charge < -0.3 is 4.74 Å². The molecule has 0 unspecified atom stereocenters. The molecule has 2 aromatic rings. The minimum atomic E-state index is -0.384. The standard InChI is InChI=1S/C14H13NO2/c1-2-17-14(16)13-10-12(8-9-15-13)11-6-4-3-5-7-11/h3-10H,2H2,1H3. The van der Waals surface area contributed by atoms with Crippen LogP contribution >= 0.6 is 0 Å².